The molecule has 2 nitrogen and oxygen atoms in total. The molecule has 0 spiro atoms. The first-order valence-corrected chi connectivity index (χ1v) is 8.90. The fourth-order valence-corrected chi connectivity index (χ4v) is 6.93. The van der Waals surface area contributed by atoms with Gasteiger partial charge in [0.15, 0.2) is 0 Å². The lowest BCUT2D eigenvalue weighted by molar-refractivity contribution is -0.0376. The quantitative estimate of drug-likeness (QED) is 0.844. The third-order valence-electron chi connectivity index (χ3n) is 3.80. The van der Waals surface area contributed by atoms with E-state index in [4.69, 9.17) is 4.43 Å². The molecule has 2 aromatic carbocycles. The zero-order chi connectivity index (χ0) is 13.1. The van der Waals surface area contributed by atoms with E-state index in [1.807, 2.05) is 12.1 Å². The van der Waals surface area contributed by atoms with Gasteiger partial charge in [-0.25, -0.2) is 0 Å². The lowest BCUT2D eigenvalue weighted by Crippen LogP contribution is -2.63. The van der Waals surface area contributed by atoms with Gasteiger partial charge in [0.1, 0.15) is 6.29 Å². The average molecular weight is 270 g/mol. The molecule has 0 bridgehead atoms. The minimum Gasteiger partial charge on any atom is -0.383 e. The molecular weight excluding hydrogens is 252 g/mol. The third kappa shape index (κ3) is 2.37. The highest BCUT2D eigenvalue weighted by Crippen LogP contribution is 2.25. The van der Waals surface area contributed by atoms with Gasteiger partial charge in [-0.3, -0.25) is 0 Å². The van der Waals surface area contributed by atoms with E-state index in [1.165, 1.54) is 10.4 Å². The summed E-state index contributed by atoms with van der Waals surface area (Å²) in [7, 11) is -2.25. The summed E-state index contributed by atoms with van der Waals surface area (Å²) in [6.45, 7) is 0. The van der Waals surface area contributed by atoms with Crippen LogP contribution in [0.25, 0.3) is 0 Å². The average Bonchev–Trinajstić information content (AvgIpc) is 2.49. The molecule has 0 radical (unpaired) electrons. The molecule has 1 saturated heterocycles. The first kappa shape index (κ1) is 12.6. The molecule has 2 aromatic rings. The van der Waals surface area contributed by atoms with Crippen LogP contribution in [0, 0.1) is 0 Å². The van der Waals surface area contributed by atoms with E-state index in [9.17, 15) is 5.11 Å². The predicted octanol–water partition coefficient (Wildman–Crippen LogP) is 1.88. The molecule has 3 rings (SSSR count). The van der Waals surface area contributed by atoms with Crippen molar-refractivity contribution in [3.63, 3.8) is 0 Å². The number of hydrogen-bond donors (Lipinski definition) is 1. The maximum Gasteiger partial charge on any atom is 0.259 e. The zero-order valence-electron chi connectivity index (χ0n) is 10.8. The van der Waals surface area contributed by atoms with Crippen LogP contribution in [0.1, 0.15) is 12.8 Å². The van der Waals surface area contributed by atoms with Crippen molar-refractivity contribution in [1.29, 1.82) is 0 Å². The van der Waals surface area contributed by atoms with Crippen LogP contribution in [0.4, 0.5) is 0 Å². The van der Waals surface area contributed by atoms with Crippen LogP contribution < -0.4 is 10.4 Å². The summed E-state index contributed by atoms with van der Waals surface area (Å²) in [4.78, 5) is 0. The smallest absolute Gasteiger partial charge is 0.259 e. The first-order valence-electron chi connectivity index (χ1n) is 6.78. The van der Waals surface area contributed by atoms with Gasteiger partial charge in [0.25, 0.3) is 8.32 Å². The van der Waals surface area contributed by atoms with Gasteiger partial charge < -0.3 is 9.53 Å². The van der Waals surface area contributed by atoms with Crippen molar-refractivity contribution in [3.8, 4) is 0 Å². The normalized spacial score (nSPS) is 22.1. The summed E-state index contributed by atoms with van der Waals surface area (Å²) in [6.07, 6.45) is 1.15. The van der Waals surface area contributed by atoms with E-state index in [2.05, 4.69) is 48.5 Å². The highest BCUT2D eigenvalue weighted by molar-refractivity contribution is 6.97. The molecular formula is C16H18O2Si. The highest BCUT2D eigenvalue weighted by Gasteiger charge is 2.43. The molecule has 1 atom stereocenters. The van der Waals surface area contributed by atoms with Gasteiger partial charge in [0, 0.05) is 0 Å². The fraction of sp³-hybridized carbons (Fsp3) is 0.250. The zero-order valence-corrected chi connectivity index (χ0v) is 11.8. The predicted molar refractivity (Wildman–Crippen MR) is 79.0 cm³/mol. The number of aliphatic hydroxyl groups is 1. The Kier molecular flexibility index (Phi) is 3.51. The summed E-state index contributed by atoms with van der Waals surface area (Å²) in [5.41, 5.74) is 0. The summed E-state index contributed by atoms with van der Waals surface area (Å²) >= 11 is 0. The Morgan fingerprint density at radius 1 is 0.895 bits per heavy atom. The van der Waals surface area contributed by atoms with Crippen molar-refractivity contribution in [3.05, 3.63) is 60.7 Å². The second-order valence-electron chi connectivity index (χ2n) is 5.02. The standard InChI is InChI=1S/C16H18O2Si/c17-16-12-7-13-19(18-16,14-8-3-1-4-9-14)15-10-5-2-6-11-15/h1-6,8-11,16-17H,7,12-13H2. The van der Waals surface area contributed by atoms with E-state index in [0.717, 1.165) is 18.9 Å². The molecule has 1 aliphatic heterocycles. The van der Waals surface area contributed by atoms with Crippen LogP contribution in [0.2, 0.25) is 6.04 Å². The largest absolute Gasteiger partial charge is 0.383 e. The van der Waals surface area contributed by atoms with Crippen molar-refractivity contribution >= 4 is 18.7 Å². The first-order chi connectivity index (χ1) is 9.31. The second kappa shape index (κ2) is 5.29. The van der Waals surface area contributed by atoms with Crippen molar-refractivity contribution < 1.29 is 9.53 Å². The van der Waals surface area contributed by atoms with Crippen LogP contribution >= 0.6 is 0 Å². The number of benzene rings is 2. The second-order valence-corrected chi connectivity index (χ2v) is 8.57. The van der Waals surface area contributed by atoms with E-state index >= 15 is 0 Å². The Morgan fingerprint density at radius 3 is 1.89 bits per heavy atom. The Balaban J connectivity index is 2.11. The molecule has 1 fully saturated rings. The molecule has 19 heavy (non-hydrogen) atoms. The van der Waals surface area contributed by atoms with Crippen LogP contribution in [-0.2, 0) is 4.43 Å². The Labute approximate surface area is 114 Å². The van der Waals surface area contributed by atoms with Crippen LogP contribution in [0.3, 0.4) is 0 Å². The van der Waals surface area contributed by atoms with Crippen molar-refractivity contribution in [2.45, 2.75) is 25.2 Å². The maximum absolute atomic E-state index is 9.98. The Morgan fingerprint density at radius 2 is 1.42 bits per heavy atom. The van der Waals surface area contributed by atoms with E-state index in [0.29, 0.717) is 0 Å². The van der Waals surface area contributed by atoms with Gasteiger partial charge in [0.05, 0.1) is 0 Å². The molecule has 3 heteroatoms. The van der Waals surface area contributed by atoms with Gasteiger partial charge in [-0.1, -0.05) is 60.7 Å². The minimum absolute atomic E-state index is 0.624. The van der Waals surface area contributed by atoms with Crippen LogP contribution in [0.15, 0.2) is 60.7 Å². The van der Waals surface area contributed by atoms with Gasteiger partial charge in [-0.15, -0.1) is 0 Å². The molecule has 98 valence electrons. The molecule has 0 saturated carbocycles. The van der Waals surface area contributed by atoms with Crippen molar-refractivity contribution in [1.82, 2.24) is 0 Å². The van der Waals surface area contributed by atoms with Crippen molar-refractivity contribution in [2.75, 3.05) is 0 Å². The van der Waals surface area contributed by atoms with Crippen LogP contribution in [0.5, 0.6) is 0 Å². The summed E-state index contributed by atoms with van der Waals surface area (Å²) in [5.74, 6) is 0. The van der Waals surface area contributed by atoms with E-state index in [-0.39, 0.29) is 0 Å². The Bertz CT molecular complexity index is 487. The molecule has 1 N–H and O–H groups in total. The monoisotopic (exact) mass is 270 g/mol. The minimum atomic E-state index is -2.25. The lowest BCUT2D eigenvalue weighted by Gasteiger charge is -2.38. The highest BCUT2D eigenvalue weighted by atomic mass is 28.4. The van der Waals surface area contributed by atoms with Gasteiger partial charge in [-0.05, 0) is 29.3 Å². The number of hydrogen-bond acceptors (Lipinski definition) is 2. The van der Waals surface area contributed by atoms with Gasteiger partial charge in [-0.2, -0.15) is 0 Å². The molecule has 1 heterocycles. The van der Waals surface area contributed by atoms with Gasteiger partial charge >= 0.3 is 0 Å². The summed E-state index contributed by atoms with van der Waals surface area (Å²) in [6, 6.07) is 21.8. The third-order valence-corrected chi connectivity index (χ3v) is 8.06. The summed E-state index contributed by atoms with van der Waals surface area (Å²) < 4.78 is 6.14. The molecule has 0 aromatic heterocycles. The molecule has 0 amide bonds. The SMILES string of the molecule is OC1CCC[Si](c2ccccc2)(c2ccccc2)O1. The lowest BCUT2D eigenvalue weighted by atomic mass is 10.3. The molecule has 1 unspecified atom stereocenters. The fourth-order valence-electron chi connectivity index (χ4n) is 2.88. The van der Waals surface area contributed by atoms with E-state index < -0.39 is 14.6 Å². The number of aliphatic hydroxyl groups excluding tert-OH is 1. The molecule has 0 aliphatic carbocycles. The van der Waals surface area contributed by atoms with Crippen molar-refractivity contribution in [2.24, 2.45) is 0 Å². The maximum atomic E-state index is 9.98. The molecule has 1 aliphatic rings. The topological polar surface area (TPSA) is 29.5 Å². The van der Waals surface area contributed by atoms with Gasteiger partial charge in [0.2, 0.25) is 0 Å². The summed E-state index contributed by atoms with van der Waals surface area (Å²) in [5, 5.41) is 12.5. The van der Waals surface area contributed by atoms with Crippen LogP contribution in [-0.4, -0.2) is 19.7 Å². The number of rotatable bonds is 2. The van der Waals surface area contributed by atoms with E-state index in [1.54, 1.807) is 0 Å². The Hall–Kier alpha value is -1.42.